The Balaban J connectivity index is 1.49. The van der Waals surface area contributed by atoms with Gasteiger partial charge in [-0.3, -0.25) is 4.79 Å². The molecule has 0 saturated heterocycles. The van der Waals surface area contributed by atoms with Crippen LogP contribution < -0.4 is 16.0 Å². The molecule has 144 valence electrons. The van der Waals surface area contributed by atoms with Crippen LogP contribution in [0.1, 0.15) is 22.8 Å². The van der Waals surface area contributed by atoms with E-state index < -0.39 is 6.03 Å². The Kier molecular flexibility index (Phi) is 6.84. The first-order valence-electron chi connectivity index (χ1n) is 9.13. The van der Waals surface area contributed by atoms with Crippen molar-refractivity contribution in [2.75, 3.05) is 13.1 Å². The average Bonchev–Trinajstić information content (AvgIpc) is 3.26. The summed E-state index contributed by atoms with van der Waals surface area (Å²) in [5, 5.41) is 8.08. The number of amides is 3. The summed E-state index contributed by atoms with van der Waals surface area (Å²) in [4.78, 5) is 24.0. The van der Waals surface area contributed by atoms with Gasteiger partial charge in [0, 0.05) is 12.5 Å². The second-order valence-electron chi connectivity index (χ2n) is 6.29. The first-order valence-corrected chi connectivity index (χ1v) is 9.13. The topological polar surface area (TPSA) is 83.4 Å². The summed E-state index contributed by atoms with van der Waals surface area (Å²) >= 11 is 0. The highest BCUT2D eigenvalue weighted by Crippen LogP contribution is 2.23. The van der Waals surface area contributed by atoms with Crippen molar-refractivity contribution in [3.8, 4) is 0 Å². The van der Waals surface area contributed by atoms with Crippen LogP contribution in [0.3, 0.4) is 0 Å². The number of furan rings is 1. The summed E-state index contributed by atoms with van der Waals surface area (Å²) in [6.45, 7) is 0.618. The predicted octanol–water partition coefficient (Wildman–Crippen LogP) is 3.03. The first-order chi connectivity index (χ1) is 13.7. The van der Waals surface area contributed by atoms with E-state index in [9.17, 15) is 9.59 Å². The highest BCUT2D eigenvalue weighted by Gasteiger charge is 2.15. The standard InChI is InChI=1S/C22H23N3O3/c26-21(16-25-22(27)24-14-19-12-7-13-28-19)23-15-20(17-8-3-1-4-9-17)18-10-5-2-6-11-18/h1-13,20H,14-16H2,(H,23,26)(H2,24,25,27). The Labute approximate surface area is 164 Å². The van der Waals surface area contributed by atoms with Crippen LogP contribution in [0.25, 0.3) is 0 Å². The minimum Gasteiger partial charge on any atom is -0.467 e. The molecule has 0 fully saturated rings. The second kappa shape index (κ2) is 9.97. The van der Waals surface area contributed by atoms with Gasteiger partial charge in [0.1, 0.15) is 5.76 Å². The van der Waals surface area contributed by atoms with E-state index in [0.29, 0.717) is 12.3 Å². The maximum atomic E-state index is 12.2. The van der Waals surface area contributed by atoms with Crippen LogP contribution in [0.4, 0.5) is 4.79 Å². The van der Waals surface area contributed by atoms with Gasteiger partial charge in [-0.15, -0.1) is 0 Å². The zero-order valence-corrected chi connectivity index (χ0v) is 15.4. The molecule has 0 aliphatic rings. The Morgan fingerprint density at radius 2 is 1.43 bits per heavy atom. The molecule has 3 aromatic rings. The monoisotopic (exact) mass is 377 g/mol. The van der Waals surface area contributed by atoms with Crippen molar-refractivity contribution >= 4 is 11.9 Å². The Hall–Kier alpha value is -3.54. The molecule has 3 amide bonds. The molecule has 6 heteroatoms. The van der Waals surface area contributed by atoms with Gasteiger partial charge in [0.15, 0.2) is 0 Å². The van der Waals surface area contributed by atoms with E-state index in [1.807, 2.05) is 60.7 Å². The molecule has 0 aliphatic heterocycles. The molecule has 6 nitrogen and oxygen atoms in total. The Morgan fingerprint density at radius 3 is 2.00 bits per heavy atom. The lowest BCUT2D eigenvalue weighted by atomic mass is 9.91. The largest absolute Gasteiger partial charge is 0.467 e. The zero-order valence-electron chi connectivity index (χ0n) is 15.4. The van der Waals surface area contributed by atoms with Crippen molar-refractivity contribution in [3.63, 3.8) is 0 Å². The van der Waals surface area contributed by atoms with Crippen LogP contribution in [0.15, 0.2) is 83.5 Å². The highest BCUT2D eigenvalue weighted by molar-refractivity contribution is 5.83. The van der Waals surface area contributed by atoms with Crippen LogP contribution in [0.2, 0.25) is 0 Å². The molecule has 28 heavy (non-hydrogen) atoms. The molecule has 2 aromatic carbocycles. The molecular formula is C22H23N3O3. The number of carbonyl (C=O) groups excluding carboxylic acids is 2. The maximum absolute atomic E-state index is 12.2. The number of benzene rings is 2. The van der Waals surface area contributed by atoms with Crippen LogP contribution in [0, 0.1) is 0 Å². The van der Waals surface area contributed by atoms with E-state index in [1.54, 1.807) is 12.1 Å². The summed E-state index contributed by atoms with van der Waals surface area (Å²) in [5.74, 6) is 0.442. The highest BCUT2D eigenvalue weighted by atomic mass is 16.3. The van der Waals surface area contributed by atoms with Gasteiger partial charge in [0.2, 0.25) is 5.91 Å². The fourth-order valence-electron chi connectivity index (χ4n) is 2.88. The summed E-state index contributed by atoms with van der Waals surface area (Å²) in [6.07, 6.45) is 1.54. The van der Waals surface area contributed by atoms with E-state index in [2.05, 4.69) is 16.0 Å². The number of hydrogen-bond donors (Lipinski definition) is 3. The van der Waals surface area contributed by atoms with Crippen molar-refractivity contribution in [1.82, 2.24) is 16.0 Å². The molecule has 0 aliphatic carbocycles. The third-order valence-electron chi connectivity index (χ3n) is 4.32. The summed E-state index contributed by atoms with van der Waals surface area (Å²) in [6, 6.07) is 23.1. The molecule has 0 spiro atoms. The van der Waals surface area contributed by atoms with E-state index in [0.717, 1.165) is 11.1 Å². The third kappa shape index (κ3) is 5.74. The van der Waals surface area contributed by atoms with Gasteiger partial charge in [-0.05, 0) is 23.3 Å². The van der Waals surface area contributed by atoms with Crippen molar-refractivity contribution in [1.29, 1.82) is 0 Å². The SMILES string of the molecule is O=C(CNC(=O)NCc1ccco1)NCC(c1ccccc1)c1ccccc1. The molecule has 0 radical (unpaired) electrons. The fraction of sp³-hybridized carbons (Fsp3) is 0.182. The lowest BCUT2D eigenvalue weighted by Gasteiger charge is -2.19. The lowest BCUT2D eigenvalue weighted by molar-refractivity contribution is -0.120. The lowest BCUT2D eigenvalue weighted by Crippen LogP contribution is -2.42. The van der Waals surface area contributed by atoms with Gasteiger partial charge in [-0.25, -0.2) is 4.79 Å². The van der Waals surface area contributed by atoms with Crippen molar-refractivity contribution in [2.45, 2.75) is 12.5 Å². The number of hydrogen-bond acceptors (Lipinski definition) is 3. The molecule has 0 bridgehead atoms. The summed E-state index contributed by atoms with van der Waals surface area (Å²) in [7, 11) is 0. The van der Waals surface area contributed by atoms with Gasteiger partial charge in [0.05, 0.1) is 19.4 Å². The molecule has 1 aromatic heterocycles. The van der Waals surface area contributed by atoms with Crippen molar-refractivity contribution in [3.05, 3.63) is 95.9 Å². The van der Waals surface area contributed by atoms with Gasteiger partial charge >= 0.3 is 6.03 Å². The van der Waals surface area contributed by atoms with Gasteiger partial charge in [-0.1, -0.05) is 60.7 Å². The molecule has 1 heterocycles. The van der Waals surface area contributed by atoms with Crippen LogP contribution in [-0.4, -0.2) is 25.0 Å². The van der Waals surface area contributed by atoms with Gasteiger partial charge in [0.25, 0.3) is 0 Å². The Morgan fingerprint density at radius 1 is 0.786 bits per heavy atom. The molecule has 0 atom stereocenters. The van der Waals surface area contributed by atoms with Crippen LogP contribution in [0.5, 0.6) is 0 Å². The van der Waals surface area contributed by atoms with Crippen molar-refractivity contribution < 1.29 is 14.0 Å². The van der Waals surface area contributed by atoms with E-state index in [4.69, 9.17) is 4.42 Å². The molecular weight excluding hydrogens is 354 g/mol. The molecule has 0 unspecified atom stereocenters. The quantitative estimate of drug-likeness (QED) is 0.564. The number of nitrogens with one attached hydrogen (secondary N) is 3. The molecule has 0 saturated carbocycles. The number of urea groups is 1. The third-order valence-corrected chi connectivity index (χ3v) is 4.32. The zero-order chi connectivity index (χ0) is 19.6. The van der Waals surface area contributed by atoms with Crippen LogP contribution in [-0.2, 0) is 11.3 Å². The smallest absolute Gasteiger partial charge is 0.315 e. The Bertz CT molecular complexity index is 825. The van der Waals surface area contributed by atoms with Crippen LogP contribution >= 0.6 is 0 Å². The van der Waals surface area contributed by atoms with E-state index >= 15 is 0 Å². The normalized spacial score (nSPS) is 10.5. The predicted molar refractivity (Wildman–Crippen MR) is 107 cm³/mol. The van der Waals surface area contributed by atoms with Gasteiger partial charge < -0.3 is 20.4 Å². The first kappa shape index (κ1) is 19.2. The fourth-order valence-corrected chi connectivity index (χ4v) is 2.88. The summed E-state index contributed by atoms with van der Waals surface area (Å²) in [5.41, 5.74) is 2.25. The minimum absolute atomic E-state index is 0.0409. The van der Waals surface area contributed by atoms with E-state index in [1.165, 1.54) is 6.26 Å². The average molecular weight is 377 g/mol. The molecule has 3 N–H and O–H groups in total. The maximum Gasteiger partial charge on any atom is 0.315 e. The number of carbonyl (C=O) groups is 2. The molecule has 3 rings (SSSR count). The number of rotatable bonds is 8. The second-order valence-corrected chi connectivity index (χ2v) is 6.29. The van der Waals surface area contributed by atoms with E-state index in [-0.39, 0.29) is 24.9 Å². The minimum atomic E-state index is -0.422. The van der Waals surface area contributed by atoms with Gasteiger partial charge in [-0.2, -0.15) is 0 Å². The van der Waals surface area contributed by atoms with Crippen molar-refractivity contribution in [2.24, 2.45) is 0 Å². The summed E-state index contributed by atoms with van der Waals surface area (Å²) < 4.78 is 5.14.